The van der Waals surface area contributed by atoms with E-state index in [1.54, 1.807) is 6.07 Å². The fraction of sp³-hybridized carbons (Fsp3) is 0.417. The van der Waals surface area contributed by atoms with Crippen LogP contribution in [0.2, 0.25) is 5.02 Å². The highest BCUT2D eigenvalue weighted by atomic mass is 79.9. The molecule has 0 spiro atoms. The van der Waals surface area contributed by atoms with Gasteiger partial charge in [0.15, 0.2) is 0 Å². The third kappa shape index (κ3) is 3.00. The Morgan fingerprint density at radius 1 is 1.40 bits per heavy atom. The number of carboxylic acid groups (broad SMARTS) is 1. The molecule has 1 fully saturated rings. The van der Waals surface area contributed by atoms with Crippen molar-refractivity contribution in [2.75, 3.05) is 6.54 Å². The van der Waals surface area contributed by atoms with E-state index < -0.39 is 22.0 Å². The summed E-state index contributed by atoms with van der Waals surface area (Å²) in [7, 11) is -3.90. The van der Waals surface area contributed by atoms with Crippen LogP contribution in [0.1, 0.15) is 19.3 Å². The Bertz CT molecular complexity index is 634. The van der Waals surface area contributed by atoms with Gasteiger partial charge in [-0.15, -0.1) is 0 Å². The maximum absolute atomic E-state index is 12.6. The number of rotatable bonds is 3. The summed E-state index contributed by atoms with van der Waals surface area (Å²) in [5.74, 6) is -1.12. The van der Waals surface area contributed by atoms with E-state index >= 15 is 0 Å². The molecule has 0 radical (unpaired) electrons. The van der Waals surface area contributed by atoms with Gasteiger partial charge in [0, 0.05) is 11.0 Å². The minimum Gasteiger partial charge on any atom is -0.480 e. The SMILES string of the molecule is O=C(O)C1CCCCN1S(=O)(=O)c1ccc(Br)cc1Cl. The molecule has 1 unspecified atom stereocenters. The first-order chi connectivity index (χ1) is 9.34. The molecule has 1 N–H and O–H groups in total. The van der Waals surface area contributed by atoms with E-state index in [0.717, 1.165) is 4.31 Å². The van der Waals surface area contributed by atoms with Crippen LogP contribution in [0.3, 0.4) is 0 Å². The molecular formula is C12H13BrClNO4S. The molecule has 8 heteroatoms. The molecule has 1 aliphatic heterocycles. The smallest absolute Gasteiger partial charge is 0.322 e. The maximum Gasteiger partial charge on any atom is 0.322 e. The lowest BCUT2D eigenvalue weighted by Gasteiger charge is -2.32. The van der Waals surface area contributed by atoms with Crippen LogP contribution in [0, 0.1) is 0 Å². The van der Waals surface area contributed by atoms with Crippen molar-refractivity contribution in [1.29, 1.82) is 0 Å². The van der Waals surface area contributed by atoms with Crippen molar-refractivity contribution in [1.82, 2.24) is 4.31 Å². The van der Waals surface area contributed by atoms with Crippen molar-refractivity contribution >= 4 is 43.5 Å². The van der Waals surface area contributed by atoms with E-state index in [2.05, 4.69) is 15.9 Å². The van der Waals surface area contributed by atoms with Gasteiger partial charge >= 0.3 is 5.97 Å². The number of piperidine rings is 1. The number of benzene rings is 1. The highest BCUT2D eigenvalue weighted by Gasteiger charge is 2.38. The van der Waals surface area contributed by atoms with Gasteiger partial charge in [0.05, 0.1) is 5.02 Å². The quantitative estimate of drug-likeness (QED) is 0.872. The minimum atomic E-state index is -3.90. The molecule has 1 atom stereocenters. The Hall–Kier alpha value is -0.630. The summed E-state index contributed by atoms with van der Waals surface area (Å²) in [6.07, 6.45) is 1.68. The molecule has 1 aromatic rings. The Balaban J connectivity index is 2.45. The molecule has 1 aromatic carbocycles. The first-order valence-corrected chi connectivity index (χ1v) is 8.65. The number of carboxylic acids is 1. The molecule has 1 saturated heterocycles. The molecule has 20 heavy (non-hydrogen) atoms. The largest absolute Gasteiger partial charge is 0.480 e. The highest BCUT2D eigenvalue weighted by molar-refractivity contribution is 9.10. The predicted molar refractivity (Wildman–Crippen MR) is 78.3 cm³/mol. The highest BCUT2D eigenvalue weighted by Crippen LogP contribution is 2.31. The summed E-state index contributed by atoms with van der Waals surface area (Å²) in [5.41, 5.74) is 0. The number of sulfonamides is 1. The number of aliphatic carboxylic acids is 1. The first kappa shape index (κ1) is 15.8. The van der Waals surface area contributed by atoms with Crippen LogP contribution in [0.4, 0.5) is 0 Å². The number of carbonyl (C=O) groups is 1. The second-order valence-electron chi connectivity index (χ2n) is 4.54. The van der Waals surface area contributed by atoms with Gasteiger partial charge in [0.2, 0.25) is 10.0 Å². The van der Waals surface area contributed by atoms with Crippen LogP contribution < -0.4 is 0 Å². The van der Waals surface area contributed by atoms with Crippen molar-refractivity contribution in [3.05, 3.63) is 27.7 Å². The van der Waals surface area contributed by atoms with E-state index in [1.807, 2.05) is 0 Å². The molecule has 1 aliphatic rings. The van der Waals surface area contributed by atoms with Gasteiger partial charge in [-0.3, -0.25) is 4.79 Å². The monoisotopic (exact) mass is 381 g/mol. The summed E-state index contributed by atoms with van der Waals surface area (Å²) in [5, 5.41) is 9.26. The molecule has 0 aromatic heterocycles. The predicted octanol–water partition coefficient (Wildman–Crippen LogP) is 2.73. The molecular weight excluding hydrogens is 370 g/mol. The van der Waals surface area contributed by atoms with E-state index in [0.29, 0.717) is 23.7 Å². The molecule has 0 amide bonds. The molecule has 0 saturated carbocycles. The summed E-state index contributed by atoms with van der Waals surface area (Å²) < 4.78 is 26.9. The molecule has 2 rings (SSSR count). The number of halogens is 2. The van der Waals surface area contributed by atoms with Gasteiger partial charge in [0.1, 0.15) is 10.9 Å². The zero-order chi connectivity index (χ0) is 14.9. The van der Waals surface area contributed by atoms with E-state index in [9.17, 15) is 18.3 Å². The first-order valence-electron chi connectivity index (χ1n) is 6.04. The van der Waals surface area contributed by atoms with Crippen LogP contribution in [-0.4, -0.2) is 36.4 Å². The van der Waals surface area contributed by atoms with Crippen LogP contribution in [0.25, 0.3) is 0 Å². The topological polar surface area (TPSA) is 74.7 Å². The van der Waals surface area contributed by atoms with Gasteiger partial charge in [-0.2, -0.15) is 4.31 Å². The van der Waals surface area contributed by atoms with E-state index in [4.69, 9.17) is 11.6 Å². The Morgan fingerprint density at radius 2 is 2.10 bits per heavy atom. The van der Waals surface area contributed by atoms with Crippen LogP contribution in [0.15, 0.2) is 27.6 Å². The van der Waals surface area contributed by atoms with Crippen LogP contribution >= 0.6 is 27.5 Å². The molecule has 110 valence electrons. The van der Waals surface area contributed by atoms with Crippen molar-refractivity contribution < 1.29 is 18.3 Å². The zero-order valence-electron chi connectivity index (χ0n) is 10.4. The lowest BCUT2D eigenvalue weighted by molar-refractivity contribution is -0.142. The van der Waals surface area contributed by atoms with Crippen molar-refractivity contribution in [2.24, 2.45) is 0 Å². The third-order valence-corrected chi connectivity index (χ3v) is 6.10. The second-order valence-corrected chi connectivity index (χ2v) is 7.72. The number of hydrogen-bond donors (Lipinski definition) is 1. The molecule has 5 nitrogen and oxygen atoms in total. The van der Waals surface area contributed by atoms with Gasteiger partial charge in [-0.25, -0.2) is 8.42 Å². The average molecular weight is 383 g/mol. The molecule has 0 aliphatic carbocycles. The molecule has 1 heterocycles. The van der Waals surface area contributed by atoms with Gasteiger partial charge in [-0.1, -0.05) is 27.5 Å². The van der Waals surface area contributed by atoms with Crippen molar-refractivity contribution in [3.8, 4) is 0 Å². The average Bonchev–Trinajstić information content (AvgIpc) is 2.38. The van der Waals surface area contributed by atoms with Crippen LogP contribution in [0.5, 0.6) is 0 Å². The fourth-order valence-corrected chi connectivity index (χ4v) is 4.91. The standard InChI is InChI=1S/C12H13BrClNO4S/c13-8-4-5-11(9(14)7-8)20(18,19)15-6-2-1-3-10(15)12(16)17/h4-5,7,10H,1-3,6H2,(H,16,17). The van der Waals surface area contributed by atoms with Crippen molar-refractivity contribution in [3.63, 3.8) is 0 Å². The minimum absolute atomic E-state index is 0.0597. The lowest BCUT2D eigenvalue weighted by atomic mass is 10.1. The maximum atomic E-state index is 12.6. The van der Waals surface area contributed by atoms with Crippen molar-refractivity contribution in [2.45, 2.75) is 30.2 Å². The fourth-order valence-electron chi connectivity index (χ4n) is 2.25. The third-order valence-electron chi connectivity index (χ3n) is 3.22. The zero-order valence-corrected chi connectivity index (χ0v) is 13.6. The Morgan fingerprint density at radius 3 is 2.70 bits per heavy atom. The summed E-state index contributed by atoms with van der Waals surface area (Å²) in [6.45, 7) is 0.200. The summed E-state index contributed by atoms with van der Waals surface area (Å²) in [6, 6.07) is 3.41. The number of hydrogen-bond acceptors (Lipinski definition) is 3. The van der Waals surface area contributed by atoms with E-state index in [1.165, 1.54) is 12.1 Å². The van der Waals surface area contributed by atoms with Gasteiger partial charge < -0.3 is 5.11 Å². The normalized spacial score (nSPS) is 20.8. The van der Waals surface area contributed by atoms with E-state index in [-0.39, 0.29) is 16.5 Å². The Labute approximate surface area is 130 Å². The molecule has 0 bridgehead atoms. The summed E-state index contributed by atoms with van der Waals surface area (Å²) >= 11 is 9.18. The summed E-state index contributed by atoms with van der Waals surface area (Å²) in [4.78, 5) is 11.2. The van der Waals surface area contributed by atoms with Gasteiger partial charge in [0.25, 0.3) is 0 Å². The van der Waals surface area contributed by atoms with Crippen LogP contribution in [-0.2, 0) is 14.8 Å². The second kappa shape index (κ2) is 6.01. The lowest BCUT2D eigenvalue weighted by Crippen LogP contribution is -2.47. The number of nitrogens with zero attached hydrogens (tertiary/aromatic N) is 1. The van der Waals surface area contributed by atoms with Gasteiger partial charge in [-0.05, 0) is 37.5 Å². The Kier molecular flexibility index (Phi) is 4.73.